The van der Waals surface area contributed by atoms with Crippen molar-refractivity contribution in [3.05, 3.63) is 58.7 Å². The van der Waals surface area contributed by atoms with E-state index in [2.05, 4.69) is 10.6 Å². The molecular formula is C25H35ClN4O3S. The van der Waals surface area contributed by atoms with Gasteiger partial charge in [-0.15, -0.1) is 12.4 Å². The first-order chi connectivity index (χ1) is 15.7. The number of benzene rings is 2. The van der Waals surface area contributed by atoms with Crippen molar-refractivity contribution in [3.63, 3.8) is 0 Å². The van der Waals surface area contributed by atoms with Gasteiger partial charge in [-0.05, 0) is 74.1 Å². The summed E-state index contributed by atoms with van der Waals surface area (Å²) in [5.41, 5.74) is 3.75. The first-order valence-electron chi connectivity index (χ1n) is 11.5. The van der Waals surface area contributed by atoms with Gasteiger partial charge < -0.3 is 15.4 Å². The van der Waals surface area contributed by atoms with E-state index in [0.717, 1.165) is 46.9 Å². The zero-order chi connectivity index (χ0) is 23.6. The lowest BCUT2D eigenvalue weighted by molar-refractivity contribution is 0.241. The topological polar surface area (TPSA) is 83.0 Å². The van der Waals surface area contributed by atoms with Crippen LogP contribution in [0.15, 0.2) is 46.3 Å². The molecule has 2 aromatic rings. The highest BCUT2D eigenvalue weighted by molar-refractivity contribution is 7.89. The zero-order valence-corrected chi connectivity index (χ0v) is 22.0. The third kappa shape index (κ3) is 5.25. The second-order valence-electron chi connectivity index (χ2n) is 9.05. The van der Waals surface area contributed by atoms with E-state index in [1.807, 2.05) is 57.2 Å². The normalized spacial score (nSPS) is 18.2. The van der Waals surface area contributed by atoms with Crippen molar-refractivity contribution in [1.29, 1.82) is 0 Å². The Hall–Kier alpha value is -2.13. The van der Waals surface area contributed by atoms with Gasteiger partial charge in [0.2, 0.25) is 10.0 Å². The Bertz CT molecular complexity index is 1140. The van der Waals surface area contributed by atoms with Crippen LogP contribution in [0, 0.1) is 20.8 Å². The predicted octanol–water partition coefficient (Wildman–Crippen LogP) is 3.36. The highest BCUT2D eigenvalue weighted by Gasteiger charge is 2.43. The third-order valence-electron chi connectivity index (χ3n) is 6.90. The molecule has 2 aromatic carbocycles. The van der Waals surface area contributed by atoms with Crippen LogP contribution < -0.4 is 15.4 Å². The van der Waals surface area contributed by atoms with Gasteiger partial charge >= 0.3 is 0 Å². The molecule has 1 fully saturated rings. The van der Waals surface area contributed by atoms with E-state index >= 15 is 0 Å². The molecule has 0 amide bonds. The van der Waals surface area contributed by atoms with E-state index in [1.165, 1.54) is 0 Å². The molecule has 0 aliphatic carbocycles. The van der Waals surface area contributed by atoms with Gasteiger partial charge in [0.1, 0.15) is 11.6 Å². The Kier molecular flexibility index (Phi) is 8.29. The van der Waals surface area contributed by atoms with Crippen LogP contribution in [-0.2, 0) is 16.6 Å². The van der Waals surface area contributed by atoms with Gasteiger partial charge in [0.25, 0.3) is 0 Å². The number of aryl methyl sites for hydroxylation is 3. The second kappa shape index (κ2) is 10.6. The predicted molar refractivity (Wildman–Crippen MR) is 139 cm³/mol. The van der Waals surface area contributed by atoms with E-state index in [1.54, 1.807) is 11.4 Å². The number of sulfonamides is 1. The first kappa shape index (κ1) is 26.5. The van der Waals surface area contributed by atoms with Crippen molar-refractivity contribution >= 4 is 28.3 Å². The van der Waals surface area contributed by atoms with Gasteiger partial charge in [-0.25, -0.2) is 8.42 Å². The number of amidine groups is 1. The van der Waals surface area contributed by atoms with Crippen molar-refractivity contribution in [3.8, 4) is 5.75 Å². The maximum atomic E-state index is 13.4. The molecule has 7 nitrogen and oxygen atoms in total. The van der Waals surface area contributed by atoms with Crippen molar-refractivity contribution in [2.75, 3.05) is 33.3 Å². The molecule has 0 atom stereocenters. The molecule has 0 aromatic heterocycles. The van der Waals surface area contributed by atoms with E-state index in [9.17, 15) is 8.42 Å². The molecule has 186 valence electrons. The smallest absolute Gasteiger partial charge is 0.243 e. The quantitative estimate of drug-likeness (QED) is 0.649. The van der Waals surface area contributed by atoms with E-state index in [0.29, 0.717) is 37.4 Å². The van der Waals surface area contributed by atoms with Gasteiger partial charge in [-0.3, -0.25) is 4.99 Å². The molecule has 1 spiro atoms. The minimum absolute atomic E-state index is 0. The third-order valence-corrected chi connectivity index (χ3v) is 8.94. The summed E-state index contributed by atoms with van der Waals surface area (Å²) in [6, 6.07) is 11.8. The largest absolute Gasteiger partial charge is 0.497 e. The van der Waals surface area contributed by atoms with Crippen LogP contribution in [0.1, 0.15) is 35.1 Å². The molecule has 34 heavy (non-hydrogen) atoms. The number of rotatable bonds is 5. The number of hydrogen-bond donors (Lipinski definition) is 2. The standard InChI is InChI=1S/C25H34N4O3S.ClH/c1-18-15-20(3)23(16-19(18)2)33(30,31)29-13-9-25(10-14-29)24(26-11-12-28-25)27-17-21-5-7-22(32-4)8-6-21;/h5-8,15-16,28H,9-14,17H2,1-4H3,(H,26,27);1H. The Morgan fingerprint density at radius 3 is 2.35 bits per heavy atom. The molecule has 9 heteroatoms. The van der Waals surface area contributed by atoms with Crippen LogP contribution in [-0.4, -0.2) is 57.4 Å². The summed E-state index contributed by atoms with van der Waals surface area (Å²) in [5.74, 6) is 1.77. The summed E-state index contributed by atoms with van der Waals surface area (Å²) in [7, 11) is -1.87. The fourth-order valence-electron chi connectivity index (χ4n) is 4.73. The fraction of sp³-hybridized carbons (Fsp3) is 0.480. The van der Waals surface area contributed by atoms with Crippen LogP contribution in [0.4, 0.5) is 0 Å². The highest BCUT2D eigenvalue weighted by Crippen LogP contribution is 2.31. The van der Waals surface area contributed by atoms with Crippen molar-refractivity contribution < 1.29 is 13.2 Å². The minimum Gasteiger partial charge on any atom is -0.497 e. The fourth-order valence-corrected chi connectivity index (χ4v) is 6.46. The molecule has 2 N–H and O–H groups in total. The molecule has 2 heterocycles. The molecule has 0 unspecified atom stereocenters. The summed E-state index contributed by atoms with van der Waals surface area (Å²) in [6.45, 7) is 8.96. The number of aliphatic imine (C=N–C) groups is 1. The molecule has 2 aliphatic rings. The van der Waals surface area contributed by atoms with Crippen LogP contribution >= 0.6 is 12.4 Å². The minimum atomic E-state index is -3.53. The molecule has 0 bridgehead atoms. The highest BCUT2D eigenvalue weighted by atomic mass is 35.5. The number of halogens is 1. The Morgan fingerprint density at radius 2 is 1.71 bits per heavy atom. The van der Waals surface area contributed by atoms with Crippen LogP contribution in [0.25, 0.3) is 0 Å². The monoisotopic (exact) mass is 506 g/mol. The van der Waals surface area contributed by atoms with Crippen LogP contribution in [0.3, 0.4) is 0 Å². The molecule has 4 rings (SSSR count). The summed E-state index contributed by atoms with van der Waals surface area (Å²) in [4.78, 5) is 5.21. The lowest BCUT2D eigenvalue weighted by atomic mass is 9.85. The molecule has 0 saturated carbocycles. The van der Waals surface area contributed by atoms with Gasteiger partial charge in [0.05, 0.1) is 24.1 Å². The number of nitrogens with one attached hydrogen (secondary N) is 2. The number of hydrogen-bond acceptors (Lipinski definition) is 6. The van der Waals surface area contributed by atoms with Gasteiger partial charge in [-0.1, -0.05) is 18.2 Å². The van der Waals surface area contributed by atoms with Crippen LogP contribution in [0.2, 0.25) is 0 Å². The first-order valence-corrected chi connectivity index (χ1v) is 12.9. The number of nitrogens with zero attached hydrogens (tertiary/aromatic N) is 2. The van der Waals surface area contributed by atoms with Gasteiger partial charge in [0, 0.05) is 26.2 Å². The zero-order valence-electron chi connectivity index (χ0n) is 20.3. The van der Waals surface area contributed by atoms with E-state index < -0.39 is 10.0 Å². The average Bonchev–Trinajstić information content (AvgIpc) is 2.81. The van der Waals surface area contributed by atoms with E-state index in [-0.39, 0.29) is 17.9 Å². The number of methoxy groups -OCH3 is 1. The Morgan fingerprint density at radius 1 is 1.06 bits per heavy atom. The summed E-state index contributed by atoms with van der Waals surface area (Å²) < 4.78 is 33.7. The van der Waals surface area contributed by atoms with E-state index in [4.69, 9.17) is 9.73 Å². The maximum Gasteiger partial charge on any atom is 0.243 e. The average molecular weight is 507 g/mol. The van der Waals surface area contributed by atoms with Crippen LogP contribution in [0.5, 0.6) is 5.75 Å². The van der Waals surface area contributed by atoms with Crippen molar-refractivity contribution in [2.45, 2.75) is 50.6 Å². The summed E-state index contributed by atoms with van der Waals surface area (Å²) >= 11 is 0. The lowest BCUT2D eigenvalue weighted by Crippen LogP contribution is -2.64. The lowest BCUT2D eigenvalue weighted by Gasteiger charge is -2.44. The number of piperidine rings is 1. The van der Waals surface area contributed by atoms with Gasteiger partial charge in [0.15, 0.2) is 0 Å². The molecular weight excluding hydrogens is 472 g/mol. The molecule has 1 saturated heterocycles. The second-order valence-corrected chi connectivity index (χ2v) is 11.0. The van der Waals surface area contributed by atoms with Gasteiger partial charge in [-0.2, -0.15) is 4.31 Å². The van der Waals surface area contributed by atoms with Crippen molar-refractivity contribution in [1.82, 2.24) is 14.9 Å². The molecule has 2 aliphatic heterocycles. The maximum absolute atomic E-state index is 13.4. The summed E-state index contributed by atoms with van der Waals surface area (Å²) in [6.07, 6.45) is 1.37. The SMILES string of the molecule is COc1ccc(CNC2=NCCNC23CCN(S(=O)(=O)c2cc(C)c(C)cc2C)CC3)cc1.Cl. The molecule has 0 radical (unpaired) electrons. The number of ether oxygens (including phenoxy) is 1. The summed E-state index contributed by atoms with van der Waals surface area (Å²) in [5, 5.41) is 7.17. The Labute approximate surface area is 209 Å². The van der Waals surface area contributed by atoms with Crippen molar-refractivity contribution in [2.24, 2.45) is 4.99 Å². The Balaban J connectivity index is 0.00000324.